The lowest BCUT2D eigenvalue weighted by Gasteiger charge is -2.18. The molecule has 1 aromatic carbocycles. The fourth-order valence-corrected chi connectivity index (χ4v) is 3.84. The van der Waals surface area contributed by atoms with Gasteiger partial charge in [-0.3, -0.25) is 0 Å². The zero-order valence-electron chi connectivity index (χ0n) is 16.0. The van der Waals surface area contributed by atoms with Crippen LogP contribution in [-0.2, 0) is 11.2 Å². The van der Waals surface area contributed by atoms with E-state index >= 15 is 0 Å². The van der Waals surface area contributed by atoms with E-state index in [1.807, 2.05) is 38.1 Å². The summed E-state index contributed by atoms with van der Waals surface area (Å²) < 4.78 is 15.5. The number of nitrogens with one attached hydrogen (secondary N) is 2. The van der Waals surface area contributed by atoms with E-state index in [0.29, 0.717) is 27.2 Å². The van der Waals surface area contributed by atoms with Crippen molar-refractivity contribution in [1.82, 2.24) is 5.32 Å². The van der Waals surface area contributed by atoms with Crippen molar-refractivity contribution in [3.05, 3.63) is 40.3 Å². The molecule has 0 radical (unpaired) electrons. The van der Waals surface area contributed by atoms with Crippen LogP contribution in [0.15, 0.2) is 24.3 Å². The molecule has 8 heteroatoms. The normalized spacial score (nSPS) is 11.4. The summed E-state index contributed by atoms with van der Waals surface area (Å²) in [6.45, 7) is 4.02. The molecule has 2 rings (SSSR count). The molecule has 2 N–H and O–H groups in total. The summed E-state index contributed by atoms with van der Waals surface area (Å²) in [6, 6.07) is 7.46. The predicted octanol–water partition coefficient (Wildman–Crippen LogP) is 4.16. The molecule has 0 amide bonds. The van der Waals surface area contributed by atoms with Crippen molar-refractivity contribution in [2.45, 2.75) is 26.3 Å². The number of carbonyl (C=O) groups excluding carboxylic acids is 1. The van der Waals surface area contributed by atoms with Crippen molar-refractivity contribution in [3.63, 3.8) is 0 Å². The Morgan fingerprint density at radius 1 is 1.19 bits per heavy atom. The second-order valence-corrected chi connectivity index (χ2v) is 7.28. The summed E-state index contributed by atoms with van der Waals surface area (Å²) >= 11 is 6.92. The molecule has 1 heterocycles. The average molecular weight is 409 g/mol. The molecular formula is C19H24N2O4S2. The van der Waals surface area contributed by atoms with Crippen LogP contribution < -0.4 is 20.1 Å². The minimum absolute atomic E-state index is 0.0722. The lowest BCUT2D eigenvalue weighted by Crippen LogP contribution is -2.31. The Labute approximate surface area is 168 Å². The van der Waals surface area contributed by atoms with E-state index in [4.69, 9.17) is 26.4 Å². The number of methoxy groups -OCH3 is 3. The van der Waals surface area contributed by atoms with Gasteiger partial charge in [-0.25, -0.2) is 4.79 Å². The van der Waals surface area contributed by atoms with Crippen LogP contribution in [0.4, 0.5) is 5.00 Å². The molecule has 146 valence electrons. The van der Waals surface area contributed by atoms with Gasteiger partial charge in [-0.05, 0) is 49.3 Å². The lowest BCUT2D eigenvalue weighted by atomic mass is 10.1. The van der Waals surface area contributed by atoms with Crippen LogP contribution in [0.3, 0.4) is 0 Å². The first-order chi connectivity index (χ1) is 12.9. The Kier molecular flexibility index (Phi) is 7.44. The number of thiophene rings is 1. The van der Waals surface area contributed by atoms with Gasteiger partial charge in [-0.2, -0.15) is 0 Å². The second kappa shape index (κ2) is 9.57. The molecule has 0 aliphatic rings. The van der Waals surface area contributed by atoms with Gasteiger partial charge in [0.05, 0.1) is 32.9 Å². The summed E-state index contributed by atoms with van der Waals surface area (Å²) in [5.74, 6) is 0.938. The standard InChI is InChI=1S/C19H24N2O4S2/c1-6-13-10-14(18(22)25-5)17(27-13)21-19(26)20-11(2)12-7-8-15(23-3)16(9-12)24-4/h7-11H,6H2,1-5H3,(H2,20,21,26)/t11-/m1/s1. The summed E-state index contributed by atoms with van der Waals surface area (Å²) in [5, 5.41) is 7.44. The Bertz CT molecular complexity index is 820. The summed E-state index contributed by atoms with van der Waals surface area (Å²) in [6.07, 6.45) is 0.832. The molecule has 0 aliphatic heterocycles. The van der Waals surface area contributed by atoms with Crippen LogP contribution >= 0.6 is 23.6 Å². The average Bonchev–Trinajstić information content (AvgIpc) is 3.09. The van der Waals surface area contributed by atoms with Gasteiger partial charge in [0.1, 0.15) is 5.00 Å². The number of esters is 1. The Balaban J connectivity index is 2.11. The van der Waals surface area contributed by atoms with Gasteiger partial charge in [0, 0.05) is 4.88 Å². The van der Waals surface area contributed by atoms with E-state index in [2.05, 4.69) is 10.6 Å². The summed E-state index contributed by atoms with van der Waals surface area (Å²) in [4.78, 5) is 13.1. The van der Waals surface area contributed by atoms with Crippen LogP contribution in [0.5, 0.6) is 11.5 Å². The van der Waals surface area contributed by atoms with Crippen molar-refractivity contribution in [2.75, 3.05) is 26.6 Å². The number of ether oxygens (including phenoxy) is 3. The third-order valence-corrected chi connectivity index (χ3v) is 5.43. The highest BCUT2D eigenvalue weighted by atomic mass is 32.1. The molecule has 0 bridgehead atoms. The maximum Gasteiger partial charge on any atom is 0.340 e. The van der Waals surface area contributed by atoms with Crippen molar-refractivity contribution < 1.29 is 19.0 Å². The van der Waals surface area contributed by atoms with E-state index in [9.17, 15) is 4.79 Å². The Morgan fingerprint density at radius 3 is 2.48 bits per heavy atom. The molecule has 2 aromatic rings. The lowest BCUT2D eigenvalue weighted by molar-refractivity contribution is 0.0602. The quantitative estimate of drug-likeness (QED) is 0.526. The second-order valence-electron chi connectivity index (χ2n) is 5.74. The fraction of sp³-hybridized carbons (Fsp3) is 0.368. The topological polar surface area (TPSA) is 68.8 Å². The van der Waals surface area contributed by atoms with Crippen molar-refractivity contribution >= 4 is 39.6 Å². The van der Waals surface area contributed by atoms with Crippen LogP contribution in [0.1, 0.15) is 40.7 Å². The van der Waals surface area contributed by atoms with Crippen LogP contribution in [0.25, 0.3) is 0 Å². The molecule has 0 saturated carbocycles. The van der Waals surface area contributed by atoms with E-state index in [1.165, 1.54) is 18.4 Å². The van der Waals surface area contributed by atoms with Gasteiger partial charge in [0.15, 0.2) is 16.6 Å². The maximum atomic E-state index is 12.0. The first-order valence-corrected chi connectivity index (χ1v) is 9.66. The molecule has 1 aromatic heterocycles. The monoisotopic (exact) mass is 408 g/mol. The van der Waals surface area contributed by atoms with E-state index in [1.54, 1.807) is 14.2 Å². The minimum atomic E-state index is -0.385. The molecule has 0 unspecified atom stereocenters. The molecule has 6 nitrogen and oxygen atoms in total. The van der Waals surface area contributed by atoms with Crippen LogP contribution in [-0.4, -0.2) is 32.4 Å². The molecule has 1 atom stereocenters. The van der Waals surface area contributed by atoms with Gasteiger partial charge in [0.25, 0.3) is 0 Å². The Morgan fingerprint density at radius 2 is 1.89 bits per heavy atom. The maximum absolute atomic E-state index is 12.0. The van der Waals surface area contributed by atoms with E-state index in [-0.39, 0.29) is 12.0 Å². The third kappa shape index (κ3) is 5.11. The van der Waals surface area contributed by atoms with Crippen molar-refractivity contribution in [3.8, 4) is 11.5 Å². The first kappa shape index (κ1) is 21.0. The smallest absolute Gasteiger partial charge is 0.340 e. The number of carbonyl (C=O) groups is 1. The SMILES string of the molecule is CCc1cc(C(=O)OC)c(NC(=S)N[C@H](C)c2ccc(OC)c(OC)c2)s1. The summed E-state index contributed by atoms with van der Waals surface area (Å²) in [7, 11) is 4.57. The predicted molar refractivity (Wildman–Crippen MR) is 112 cm³/mol. The number of hydrogen-bond donors (Lipinski definition) is 2. The fourth-order valence-electron chi connectivity index (χ4n) is 2.51. The number of rotatable bonds is 7. The van der Waals surface area contributed by atoms with Crippen LogP contribution in [0.2, 0.25) is 0 Å². The molecule has 27 heavy (non-hydrogen) atoms. The van der Waals surface area contributed by atoms with Gasteiger partial charge in [-0.15, -0.1) is 11.3 Å². The number of benzene rings is 1. The number of hydrogen-bond acceptors (Lipinski definition) is 6. The third-order valence-electron chi connectivity index (χ3n) is 4.02. The van der Waals surface area contributed by atoms with Gasteiger partial charge < -0.3 is 24.8 Å². The molecule has 0 aliphatic carbocycles. The molecular weight excluding hydrogens is 384 g/mol. The highest BCUT2D eigenvalue weighted by molar-refractivity contribution is 7.80. The number of aryl methyl sites for hydroxylation is 1. The zero-order chi connectivity index (χ0) is 20.0. The minimum Gasteiger partial charge on any atom is -0.493 e. The highest BCUT2D eigenvalue weighted by Gasteiger charge is 2.18. The Hall–Kier alpha value is -2.32. The zero-order valence-corrected chi connectivity index (χ0v) is 17.7. The van der Waals surface area contributed by atoms with Crippen molar-refractivity contribution in [1.29, 1.82) is 0 Å². The molecule has 0 saturated heterocycles. The summed E-state index contributed by atoms with van der Waals surface area (Å²) in [5.41, 5.74) is 1.48. The van der Waals surface area contributed by atoms with E-state index < -0.39 is 0 Å². The highest BCUT2D eigenvalue weighted by Crippen LogP contribution is 2.31. The van der Waals surface area contributed by atoms with Crippen molar-refractivity contribution in [2.24, 2.45) is 0 Å². The van der Waals surface area contributed by atoms with Gasteiger partial charge in [0.2, 0.25) is 0 Å². The molecule has 0 spiro atoms. The first-order valence-electron chi connectivity index (χ1n) is 8.43. The van der Waals surface area contributed by atoms with Gasteiger partial charge in [-0.1, -0.05) is 13.0 Å². The molecule has 0 fully saturated rings. The van der Waals surface area contributed by atoms with Gasteiger partial charge >= 0.3 is 5.97 Å². The largest absolute Gasteiger partial charge is 0.493 e. The van der Waals surface area contributed by atoms with Crippen LogP contribution in [0, 0.1) is 0 Å². The number of thiocarbonyl (C=S) groups is 1. The van der Waals surface area contributed by atoms with E-state index in [0.717, 1.165) is 16.9 Å². The number of anilines is 1.